The molecule has 0 amide bonds. The average Bonchev–Trinajstić information content (AvgIpc) is 2.96. The molecule has 0 unspecified atom stereocenters. The van der Waals surface area contributed by atoms with Gasteiger partial charge in [0.05, 0.1) is 12.7 Å². The summed E-state index contributed by atoms with van der Waals surface area (Å²) in [5.74, 6) is 0.483. The van der Waals surface area contributed by atoms with Crippen molar-refractivity contribution in [3.8, 4) is 11.5 Å². The van der Waals surface area contributed by atoms with Gasteiger partial charge in [-0.1, -0.05) is 12.1 Å². The zero-order chi connectivity index (χ0) is 15.5. The fraction of sp³-hybridized carbons (Fsp3) is 0.118. The van der Waals surface area contributed by atoms with Crippen LogP contribution in [0.3, 0.4) is 0 Å². The van der Waals surface area contributed by atoms with Crippen molar-refractivity contribution in [2.45, 2.75) is 6.61 Å². The van der Waals surface area contributed by atoms with Crippen molar-refractivity contribution >= 4 is 27.4 Å². The Labute approximate surface area is 131 Å². The van der Waals surface area contributed by atoms with Gasteiger partial charge in [0.1, 0.15) is 18.1 Å². The van der Waals surface area contributed by atoms with Crippen molar-refractivity contribution in [3.05, 3.63) is 59.0 Å². The van der Waals surface area contributed by atoms with E-state index in [-0.39, 0.29) is 0 Å². The molecule has 3 rings (SSSR count). The Hall–Kier alpha value is -2.53. The number of carbonyl (C=O) groups is 1. The summed E-state index contributed by atoms with van der Waals surface area (Å²) >= 11 is 1.52. The van der Waals surface area contributed by atoms with Crippen molar-refractivity contribution in [1.29, 1.82) is 0 Å². The molecular formula is C17H14O4S. The van der Waals surface area contributed by atoms with Crippen molar-refractivity contribution in [1.82, 2.24) is 0 Å². The summed E-state index contributed by atoms with van der Waals surface area (Å²) in [6.07, 6.45) is 0. The summed E-state index contributed by atoms with van der Waals surface area (Å²) in [5, 5.41) is 12.0. The molecule has 1 heterocycles. The molecule has 22 heavy (non-hydrogen) atoms. The van der Waals surface area contributed by atoms with Gasteiger partial charge >= 0.3 is 5.97 Å². The number of ether oxygens (including phenoxy) is 2. The predicted octanol–water partition coefficient (Wildman–Crippen LogP) is 4.19. The topological polar surface area (TPSA) is 55.8 Å². The van der Waals surface area contributed by atoms with Crippen LogP contribution in [0.15, 0.2) is 47.8 Å². The standard InChI is InChI=1S/C17H14O4S/c1-20-12-4-2-5-13(8-12)21-9-11-10-22-15-7-3-6-14(16(11)15)17(18)19/h2-8,10H,9H2,1H3,(H,18,19). The smallest absolute Gasteiger partial charge is 0.336 e. The van der Waals surface area contributed by atoms with Gasteiger partial charge in [0.15, 0.2) is 0 Å². The minimum Gasteiger partial charge on any atom is -0.497 e. The van der Waals surface area contributed by atoms with Gasteiger partial charge in [-0.15, -0.1) is 11.3 Å². The Morgan fingerprint density at radius 3 is 2.73 bits per heavy atom. The molecule has 0 saturated carbocycles. The summed E-state index contributed by atoms with van der Waals surface area (Å²) in [4.78, 5) is 11.4. The first-order valence-electron chi connectivity index (χ1n) is 6.68. The van der Waals surface area contributed by atoms with Crippen molar-refractivity contribution < 1.29 is 19.4 Å². The summed E-state index contributed by atoms with van der Waals surface area (Å²) < 4.78 is 11.9. The molecule has 0 atom stereocenters. The van der Waals surface area contributed by atoms with E-state index >= 15 is 0 Å². The highest BCUT2D eigenvalue weighted by atomic mass is 32.1. The van der Waals surface area contributed by atoms with Crippen LogP contribution in [0.2, 0.25) is 0 Å². The number of rotatable bonds is 5. The van der Waals surface area contributed by atoms with E-state index in [1.807, 2.05) is 29.6 Å². The highest BCUT2D eigenvalue weighted by Crippen LogP contribution is 2.30. The number of methoxy groups -OCH3 is 1. The lowest BCUT2D eigenvalue weighted by Crippen LogP contribution is -2.00. The second-order valence-electron chi connectivity index (χ2n) is 4.71. The highest BCUT2D eigenvalue weighted by molar-refractivity contribution is 7.17. The van der Waals surface area contributed by atoms with Crippen LogP contribution in [0.4, 0.5) is 0 Å². The lowest BCUT2D eigenvalue weighted by molar-refractivity contribution is 0.0699. The molecule has 0 bridgehead atoms. The summed E-state index contributed by atoms with van der Waals surface area (Å²) in [6, 6.07) is 12.6. The van der Waals surface area contributed by atoms with Crippen LogP contribution in [0.5, 0.6) is 11.5 Å². The quantitative estimate of drug-likeness (QED) is 0.767. The normalized spacial score (nSPS) is 10.6. The van der Waals surface area contributed by atoms with E-state index in [1.165, 1.54) is 11.3 Å². The third kappa shape index (κ3) is 2.76. The van der Waals surface area contributed by atoms with E-state index in [0.717, 1.165) is 21.4 Å². The summed E-state index contributed by atoms with van der Waals surface area (Å²) in [7, 11) is 1.60. The fourth-order valence-electron chi connectivity index (χ4n) is 2.29. The monoisotopic (exact) mass is 314 g/mol. The molecule has 0 aliphatic heterocycles. The first kappa shape index (κ1) is 14.4. The number of carboxylic acids is 1. The first-order chi connectivity index (χ1) is 10.7. The van der Waals surface area contributed by atoms with Crippen LogP contribution in [0.1, 0.15) is 15.9 Å². The fourth-order valence-corrected chi connectivity index (χ4v) is 3.26. The maximum absolute atomic E-state index is 11.4. The predicted molar refractivity (Wildman–Crippen MR) is 86.1 cm³/mol. The molecule has 0 fully saturated rings. The second kappa shape index (κ2) is 6.07. The lowest BCUT2D eigenvalue weighted by Gasteiger charge is -2.08. The zero-order valence-corrected chi connectivity index (χ0v) is 12.7. The maximum Gasteiger partial charge on any atom is 0.336 e. The van der Waals surface area contributed by atoms with Gasteiger partial charge in [0.2, 0.25) is 0 Å². The maximum atomic E-state index is 11.4. The van der Waals surface area contributed by atoms with Gasteiger partial charge in [-0.3, -0.25) is 0 Å². The lowest BCUT2D eigenvalue weighted by atomic mass is 10.1. The van der Waals surface area contributed by atoms with E-state index in [0.29, 0.717) is 17.9 Å². The minimum atomic E-state index is -0.924. The SMILES string of the molecule is COc1cccc(OCc2csc3cccc(C(=O)O)c23)c1. The van der Waals surface area contributed by atoms with Gasteiger partial charge in [-0.05, 0) is 29.6 Å². The molecule has 0 spiro atoms. The van der Waals surface area contributed by atoms with Crippen LogP contribution in [-0.2, 0) is 6.61 Å². The van der Waals surface area contributed by atoms with Crippen LogP contribution < -0.4 is 9.47 Å². The molecule has 1 N–H and O–H groups in total. The molecule has 0 radical (unpaired) electrons. The number of benzene rings is 2. The van der Waals surface area contributed by atoms with Gasteiger partial charge in [0, 0.05) is 21.7 Å². The molecule has 1 aromatic heterocycles. The number of fused-ring (bicyclic) bond motifs is 1. The molecule has 2 aromatic carbocycles. The molecule has 5 heteroatoms. The number of carboxylic acid groups (broad SMARTS) is 1. The Balaban J connectivity index is 1.89. The molecule has 112 valence electrons. The molecule has 4 nitrogen and oxygen atoms in total. The number of hydrogen-bond donors (Lipinski definition) is 1. The Morgan fingerprint density at radius 1 is 1.18 bits per heavy atom. The average molecular weight is 314 g/mol. The summed E-state index contributed by atoms with van der Waals surface area (Å²) in [5.41, 5.74) is 1.18. The Bertz CT molecular complexity index is 822. The largest absolute Gasteiger partial charge is 0.497 e. The van der Waals surface area contributed by atoms with E-state index in [4.69, 9.17) is 9.47 Å². The van der Waals surface area contributed by atoms with Crippen LogP contribution in [0.25, 0.3) is 10.1 Å². The molecule has 3 aromatic rings. The van der Waals surface area contributed by atoms with E-state index in [1.54, 1.807) is 25.3 Å². The number of hydrogen-bond acceptors (Lipinski definition) is 4. The third-order valence-electron chi connectivity index (χ3n) is 3.34. The van der Waals surface area contributed by atoms with Crippen molar-refractivity contribution in [2.75, 3.05) is 7.11 Å². The molecule has 0 saturated heterocycles. The van der Waals surface area contributed by atoms with E-state index in [2.05, 4.69) is 0 Å². The Morgan fingerprint density at radius 2 is 1.95 bits per heavy atom. The molecular weight excluding hydrogens is 300 g/mol. The van der Waals surface area contributed by atoms with Gasteiger partial charge in [-0.25, -0.2) is 4.79 Å². The minimum absolute atomic E-state index is 0.308. The summed E-state index contributed by atoms with van der Waals surface area (Å²) in [6.45, 7) is 0.317. The molecule has 0 aliphatic rings. The number of aromatic carboxylic acids is 1. The van der Waals surface area contributed by atoms with Crippen LogP contribution in [-0.4, -0.2) is 18.2 Å². The van der Waals surface area contributed by atoms with Crippen LogP contribution in [0, 0.1) is 0 Å². The number of thiophene rings is 1. The van der Waals surface area contributed by atoms with Crippen LogP contribution >= 0.6 is 11.3 Å². The van der Waals surface area contributed by atoms with Gasteiger partial charge in [0.25, 0.3) is 0 Å². The third-order valence-corrected chi connectivity index (χ3v) is 4.34. The first-order valence-corrected chi connectivity index (χ1v) is 7.56. The van der Waals surface area contributed by atoms with Crippen molar-refractivity contribution in [3.63, 3.8) is 0 Å². The van der Waals surface area contributed by atoms with E-state index in [9.17, 15) is 9.90 Å². The second-order valence-corrected chi connectivity index (χ2v) is 5.62. The van der Waals surface area contributed by atoms with E-state index < -0.39 is 5.97 Å². The zero-order valence-electron chi connectivity index (χ0n) is 11.9. The van der Waals surface area contributed by atoms with Gasteiger partial charge < -0.3 is 14.6 Å². The Kier molecular flexibility index (Phi) is 3.98. The van der Waals surface area contributed by atoms with Crippen molar-refractivity contribution in [2.24, 2.45) is 0 Å². The highest BCUT2D eigenvalue weighted by Gasteiger charge is 2.14. The molecule has 0 aliphatic carbocycles. The van der Waals surface area contributed by atoms with Gasteiger partial charge in [-0.2, -0.15) is 0 Å².